The van der Waals surface area contributed by atoms with Crippen LogP contribution in [0.25, 0.3) is 0 Å². The van der Waals surface area contributed by atoms with Crippen molar-refractivity contribution in [1.29, 1.82) is 0 Å². The maximum Gasteiger partial charge on any atom is 0.269 e. The summed E-state index contributed by atoms with van der Waals surface area (Å²) in [7, 11) is 0. The van der Waals surface area contributed by atoms with Crippen LogP contribution in [0.3, 0.4) is 0 Å². The molecule has 0 aliphatic carbocycles. The molecule has 2 heterocycles. The van der Waals surface area contributed by atoms with Crippen LogP contribution in [-0.4, -0.2) is 63.0 Å². The van der Waals surface area contributed by atoms with Crippen molar-refractivity contribution >= 4 is 27.3 Å². The van der Waals surface area contributed by atoms with Gasteiger partial charge >= 0.3 is 0 Å². The third kappa shape index (κ3) is 12.3. The Bertz CT molecular complexity index is 2190. The molecular formula is C52H57BrN4O6. The van der Waals surface area contributed by atoms with Gasteiger partial charge in [0.2, 0.25) is 0 Å². The summed E-state index contributed by atoms with van der Waals surface area (Å²) in [5, 5.41) is 48.9. The summed E-state index contributed by atoms with van der Waals surface area (Å²) in [5.74, 6) is 0.404. The smallest absolute Gasteiger partial charge is 0.269 e. The van der Waals surface area contributed by atoms with Crippen LogP contribution in [0.4, 0.5) is 11.4 Å². The number of hydrogen-bond acceptors (Lipinski definition) is 8. The molecule has 0 atom stereocenters. The number of aryl methyl sites for hydroxylation is 1. The summed E-state index contributed by atoms with van der Waals surface area (Å²) in [5.41, 5.74) is 4.51. The molecule has 6 aromatic carbocycles. The molecule has 0 spiro atoms. The van der Waals surface area contributed by atoms with E-state index in [1.165, 1.54) is 12.1 Å². The van der Waals surface area contributed by atoms with E-state index in [4.69, 9.17) is 0 Å². The minimum atomic E-state index is -0.993. The second-order valence-corrected chi connectivity index (χ2v) is 17.0. The van der Waals surface area contributed by atoms with E-state index in [1.807, 2.05) is 133 Å². The highest BCUT2D eigenvalue weighted by Gasteiger charge is 2.42. The minimum absolute atomic E-state index is 0.130. The highest BCUT2D eigenvalue weighted by Crippen LogP contribution is 2.43. The molecule has 10 nitrogen and oxygen atoms in total. The number of non-ortho nitro benzene ring substituents is 2. The average Bonchev–Trinajstić information content (AvgIpc) is 3.35. The van der Waals surface area contributed by atoms with Crippen LogP contribution in [-0.2, 0) is 24.0 Å². The van der Waals surface area contributed by atoms with Gasteiger partial charge < -0.3 is 20.4 Å². The van der Waals surface area contributed by atoms with Gasteiger partial charge in [0.25, 0.3) is 11.4 Å². The van der Waals surface area contributed by atoms with Gasteiger partial charge in [-0.15, -0.1) is 0 Å². The number of rotatable bonds is 13. The number of nitro benzene ring substituents is 2. The zero-order valence-electron chi connectivity index (χ0n) is 35.6. The fraction of sp³-hybridized carbons (Fsp3) is 0.308. The highest BCUT2D eigenvalue weighted by molar-refractivity contribution is 9.09. The zero-order chi connectivity index (χ0) is 44.5. The van der Waals surface area contributed by atoms with Gasteiger partial charge in [0, 0.05) is 36.1 Å². The third-order valence-electron chi connectivity index (χ3n) is 12.4. The molecule has 2 aliphatic rings. The van der Waals surface area contributed by atoms with Crippen LogP contribution in [0.15, 0.2) is 170 Å². The average molecular weight is 914 g/mol. The van der Waals surface area contributed by atoms with E-state index in [9.17, 15) is 30.4 Å². The van der Waals surface area contributed by atoms with E-state index in [-0.39, 0.29) is 28.1 Å². The standard InChI is InChI=1S/C26H28N2O3.C18H21NO.C8H8BrNO2/c29-26(22-7-3-1-4-8-22,23-9-5-2-6-10-23)24-16-19-27(20-17-24)18-15-21-11-13-25(14-12-21)28(30)31;20-18(15-7-3-1-4-8-15,16-9-5-2-6-10-16)17-11-13-19-14-12-17;9-6-5-7-1-3-8(4-2-7)10(11)12/h1-14,24,29H,15-20H2;1-10,17,19-20H,11-14H2;1-4H,5-6H2. The van der Waals surface area contributed by atoms with Crippen LogP contribution < -0.4 is 5.32 Å². The second kappa shape index (κ2) is 23.2. The number of nitrogens with one attached hydrogen (secondary N) is 1. The fourth-order valence-electron chi connectivity index (χ4n) is 8.82. The van der Waals surface area contributed by atoms with E-state index < -0.39 is 16.1 Å². The number of hydrogen-bond donors (Lipinski definition) is 3. The van der Waals surface area contributed by atoms with Gasteiger partial charge in [-0.05, 0) is 110 Å². The highest BCUT2D eigenvalue weighted by atomic mass is 79.9. The second-order valence-electron chi connectivity index (χ2n) is 16.2. The minimum Gasteiger partial charge on any atom is -0.380 e. The monoisotopic (exact) mass is 912 g/mol. The molecule has 6 aromatic rings. The van der Waals surface area contributed by atoms with Gasteiger partial charge in [-0.1, -0.05) is 162 Å². The molecule has 0 aromatic heterocycles. The molecular weight excluding hydrogens is 856 g/mol. The van der Waals surface area contributed by atoms with E-state index >= 15 is 0 Å². The maximum absolute atomic E-state index is 12.0. The Hall–Kier alpha value is -5.56. The van der Waals surface area contributed by atoms with Gasteiger partial charge in [-0.2, -0.15) is 0 Å². The number of halogens is 1. The first-order chi connectivity index (χ1) is 30.6. The maximum atomic E-state index is 12.0. The molecule has 8 rings (SSSR count). The van der Waals surface area contributed by atoms with Gasteiger partial charge in [0.1, 0.15) is 11.2 Å². The predicted molar refractivity (Wildman–Crippen MR) is 254 cm³/mol. The lowest BCUT2D eigenvalue weighted by molar-refractivity contribution is -0.385. The van der Waals surface area contributed by atoms with Crippen molar-refractivity contribution in [3.8, 4) is 0 Å². The Morgan fingerprint density at radius 2 is 0.857 bits per heavy atom. The Morgan fingerprint density at radius 1 is 0.524 bits per heavy atom. The molecule has 328 valence electrons. The molecule has 2 saturated heterocycles. The first-order valence-corrected chi connectivity index (χ1v) is 22.9. The molecule has 0 radical (unpaired) electrons. The van der Waals surface area contributed by atoms with Gasteiger partial charge in [-0.25, -0.2) is 0 Å². The van der Waals surface area contributed by atoms with Crippen LogP contribution in [0.2, 0.25) is 0 Å². The summed E-state index contributed by atoms with van der Waals surface area (Å²) in [6, 6.07) is 53.6. The van der Waals surface area contributed by atoms with Gasteiger partial charge in [0.15, 0.2) is 0 Å². The van der Waals surface area contributed by atoms with E-state index in [0.717, 1.165) is 110 Å². The van der Waals surface area contributed by atoms with E-state index in [0.29, 0.717) is 0 Å². The SMILES string of the molecule is O=[N+]([O-])c1ccc(CCBr)cc1.O=[N+]([O-])c1ccc(CCN2CCC(C(O)(c3ccccc3)c3ccccc3)CC2)cc1.OC(c1ccccc1)(c1ccccc1)C1CCNCC1. The van der Waals surface area contributed by atoms with E-state index in [2.05, 4.69) is 26.1 Å². The number of likely N-dealkylation sites (tertiary alicyclic amines) is 1. The molecule has 0 bridgehead atoms. The first-order valence-electron chi connectivity index (χ1n) is 21.8. The topological polar surface area (TPSA) is 142 Å². The molecule has 0 unspecified atom stereocenters. The summed E-state index contributed by atoms with van der Waals surface area (Å²) >= 11 is 3.30. The van der Waals surface area contributed by atoms with Crippen molar-refractivity contribution < 1.29 is 20.1 Å². The number of nitro groups is 2. The van der Waals surface area contributed by atoms with Gasteiger partial charge in [-0.3, -0.25) is 20.2 Å². The number of alkyl halides is 1. The normalized spacial score (nSPS) is 15.0. The van der Waals surface area contributed by atoms with Crippen molar-refractivity contribution in [2.75, 3.05) is 38.1 Å². The lowest BCUT2D eigenvalue weighted by atomic mass is 9.72. The van der Waals surface area contributed by atoms with Crippen LogP contribution >= 0.6 is 15.9 Å². The van der Waals surface area contributed by atoms with Gasteiger partial charge in [0.05, 0.1) is 9.85 Å². The summed E-state index contributed by atoms with van der Waals surface area (Å²) in [4.78, 5) is 22.7. The lowest BCUT2D eigenvalue weighted by Crippen LogP contribution is -2.44. The lowest BCUT2D eigenvalue weighted by Gasteiger charge is -2.42. The Balaban J connectivity index is 0.000000176. The van der Waals surface area contributed by atoms with E-state index in [1.54, 1.807) is 24.3 Å². The Labute approximate surface area is 379 Å². The van der Waals surface area contributed by atoms with Crippen molar-refractivity contribution in [3.05, 3.63) is 223 Å². The Kier molecular flexibility index (Phi) is 17.3. The molecule has 63 heavy (non-hydrogen) atoms. The summed E-state index contributed by atoms with van der Waals surface area (Å²) < 4.78 is 0. The van der Waals surface area contributed by atoms with Crippen molar-refractivity contribution in [3.63, 3.8) is 0 Å². The zero-order valence-corrected chi connectivity index (χ0v) is 37.1. The fourth-order valence-corrected chi connectivity index (χ4v) is 9.28. The molecule has 0 saturated carbocycles. The third-order valence-corrected chi connectivity index (χ3v) is 12.8. The molecule has 0 amide bonds. The predicted octanol–water partition coefficient (Wildman–Crippen LogP) is 10.2. The molecule has 2 aliphatic heterocycles. The number of nitrogens with zero attached hydrogens (tertiary/aromatic N) is 3. The molecule has 11 heteroatoms. The molecule has 2 fully saturated rings. The number of piperidine rings is 2. The molecule has 3 N–H and O–H groups in total. The van der Waals surface area contributed by atoms with Crippen LogP contribution in [0, 0.1) is 32.1 Å². The van der Waals surface area contributed by atoms with Crippen molar-refractivity contribution in [1.82, 2.24) is 10.2 Å². The van der Waals surface area contributed by atoms with Crippen LogP contribution in [0.1, 0.15) is 59.1 Å². The number of benzene rings is 6. The van der Waals surface area contributed by atoms with Crippen LogP contribution in [0.5, 0.6) is 0 Å². The first kappa shape index (κ1) is 46.9. The summed E-state index contributed by atoms with van der Waals surface area (Å²) in [6.45, 7) is 4.73. The van der Waals surface area contributed by atoms with Crippen molar-refractivity contribution in [2.24, 2.45) is 11.8 Å². The quantitative estimate of drug-likeness (QED) is 0.0591. The van der Waals surface area contributed by atoms with Crippen molar-refractivity contribution in [2.45, 2.75) is 49.7 Å². The largest absolute Gasteiger partial charge is 0.380 e. The summed E-state index contributed by atoms with van der Waals surface area (Å²) in [6.07, 6.45) is 5.60. The number of aliphatic hydroxyl groups is 2. The Morgan fingerprint density at radius 3 is 1.19 bits per heavy atom.